The van der Waals surface area contributed by atoms with E-state index < -0.39 is 17.5 Å². The number of carboxylic acid groups (broad SMARTS) is 1. The molecule has 1 heterocycles. The van der Waals surface area contributed by atoms with E-state index in [0.29, 0.717) is 25.9 Å². The van der Waals surface area contributed by atoms with Crippen LogP contribution in [0.2, 0.25) is 0 Å². The molecule has 0 aromatic rings. The van der Waals surface area contributed by atoms with Crippen LogP contribution in [0.1, 0.15) is 41.9 Å². The molecule has 0 radical (unpaired) electrons. The van der Waals surface area contributed by atoms with Gasteiger partial charge in [0.15, 0.2) is 0 Å². The highest BCUT2D eigenvalue weighted by atomic mass is 16.6. The summed E-state index contributed by atoms with van der Waals surface area (Å²) in [6, 6.07) is 0. The second-order valence-electron chi connectivity index (χ2n) is 5.73. The predicted molar refractivity (Wildman–Crippen MR) is 67.3 cm³/mol. The molecule has 5 nitrogen and oxygen atoms in total. The van der Waals surface area contributed by atoms with Crippen LogP contribution in [-0.2, 0) is 9.53 Å². The number of likely N-dealkylation sites (tertiary alicyclic amines) is 1. The zero-order valence-electron chi connectivity index (χ0n) is 12.5. The number of carbonyl (C=O) groups excluding carboxylic acids is 1. The smallest absolute Gasteiger partial charge is 0.410 e. The highest BCUT2D eigenvalue weighted by Crippen LogP contribution is 2.26. The van der Waals surface area contributed by atoms with Gasteiger partial charge < -0.3 is 14.7 Å². The lowest BCUT2D eigenvalue weighted by molar-refractivity contribution is -0.143. The highest BCUT2D eigenvalue weighted by molar-refractivity contribution is 5.70. The van der Waals surface area contributed by atoms with Gasteiger partial charge in [0.25, 0.3) is 0 Å². The first-order chi connectivity index (χ1) is 8.54. The van der Waals surface area contributed by atoms with Crippen LogP contribution in [0.4, 0.5) is 4.79 Å². The normalized spacial score (nSPS) is 22.0. The Morgan fingerprint density at radius 1 is 1.39 bits per heavy atom. The molecular weight excluding hydrogens is 234 g/mol. The van der Waals surface area contributed by atoms with Crippen LogP contribution < -0.4 is 0 Å². The molecule has 1 N–H and O–H groups in total. The third-order valence-electron chi connectivity index (χ3n) is 3.10. The number of hydrogen-bond donors (Lipinski definition) is 1. The molecule has 0 saturated carbocycles. The minimum Gasteiger partial charge on any atom is -0.481 e. The van der Waals surface area contributed by atoms with E-state index in [1.807, 2.05) is 20.8 Å². The molecule has 1 unspecified atom stereocenters. The molecule has 1 rings (SSSR count). The van der Waals surface area contributed by atoms with Crippen molar-refractivity contribution in [1.29, 1.82) is 0 Å². The first kappa shape index (κ1) is 13.2. The Bertz CT molecular complexity index is 354. The molecule has 1 fully saturated rings. The van der Waals surface area contributed by atoms with Gasteiger partial charge in [-0.1, -0.05) is 6.92 Å². The van der Waals surface area contributed by atoms with Gasteiger partial charge in [-0.25, -0.2) is 4.79 Å². The van der Waals surface area contributed by atoms with Crippen molar-refractivity contribution in [3.8, 4) is 0 Å². The molecule has 1 aliphatic heterocycles. The van der Waals surface area contributed by atoms with Gasteiger partial charge in [-0.15, -0.1) is 0 Å². The van der Waals surface area contributed by atoms with E-state index in [-0.39, 0.29) is 12.0 Å². The van der Waals surface area contributed by atoms with Crippen LogP contribution in [-0.4, -0.2) is 40.8 Å². The van der Waals surface area contributed by atoms with E-state index in [2.05, 4.69) is 0 Å². The highest BCUT2D eigenvalue weighted by Gasteiger charge is 2.31. The summed E-state index contributed by atoms with van der Waals surface area (Å²) in [7, 11) is 0. The maximum atomic E-state index is 11.8. The average molecular weight is 258 g/mol. The molecular formula is C13H23NO4. The van der Waals surface area contributed by atoms with E-state index in [4.69, 9.17) is 11.2 Å². The van der Waals surface area contributed by atoms with Crippen LogP contribution in [0.15, 0.2) is 0 Å². The molecule has 0 bridgehead atoms. The summed E-state index contributed by atoms with van der Waals surface area (Å²) in [6.07, 6.45) is 0.671. The van der Waals surface area contributed by atoms with Crippen LogP contribution in [0.5, 0.6) is 0 Å². The number of carboxylic acids is 1. The van der Waals surface area contributed by atoms with Crippen molar-refractivity contribution in [1.82, 2.24) is 4.90 Å². The summed E-state index contributed by atoms with van der Waals surface area (Å²) >= 11 is 0. The Morgan fingerprint density at radius 2 is 1.89 bits per heavy atom. The second-order valence-corrected chi connectivity index (χ2v) is 5.73. The van der Waals surface area contributed by atoms with Gasteiger partial charge in [0.05, 0.1) is 5.89 Å². The summed E-state index contributed by atoms with van der Waals surface area (Å²) in [5.74, 6) is -2.83. The monoisotopic (exact) mass is 258 g/mol. The molecule has 1 atom stereocenters. The minimum absolute atomic E-state index is 0.233. The van der Waals surface area contributed by atoms with E-state index in [0.717, 1.165) is 0 Å². The van der Waals surface area contributed by atoms with Crippen molar-refractivity contribution in [2.45, 2.75) is 46.1 Å². The quantitative estimate of drug-likeness (QED) is 0.825. The van der Waals surface area contributed by atoms with Crippen LogP contribution in [0, 0.1) is 11.8 Å². The van der Waals surface area contributed by atoms with E-state index in [1.165, 1.54) is 6.92 Å². The van der Waals surface area contributed by atoms with Gasteiger partial charge in [-0.2, -0.15) is 0 Å². The van der Waals surface area contributed by atoms with Crippen molar-refractivity contribution in [3.63, 3.8) is 0 Å². The number of ether oxygens (including phenoxy) is 1. The fraction of sp³-hybridized carbons (Fsp3) is 0.846. The number of hydrogen-bond acceptors (Lipinski definition) is 3. The lowest BCUT2D eigenvalue weighted by atomic mass is 9.85. The van der Waals surface area contributed by atoms with Crippen molar-refractivity contribution in [3.05, 3.63) is 0 Å². The molecule has 0 aromatic carbocycles. The molecule has 18 heavy (non-hydrogen) atoms. The molecule has 104 valence electrons. The Balaban J connectivity index is 2.54. The predicted octanol–water partition coefficient (Wildman–Crippen LogP) is 2.35. The number of carbonyl (C=O) groups is 2. The van der Waals surface area contributed by atoms with Crippen molar-refractivity contribution in [2.75, 3.05) is 13.1 Å². The summed E-state index contributed by atoms with van der Waals surface area (Å²) in [6.45, 7) is 7.74. The maximum Gasteiger partial charge on any atom is 0.410 e. The van der Waals surface area contributed by atoms with Crippen LogP contribution in [0.3, 0.4) is 0 Å². The van der Waals surface area contributed by atoms with E-state index >= 15 is 0 Å². The fourth-order valence-electron chi connectivity index (χ4n) is 2.00. The zero-order valence-corrected chi connectivity index (χ0v) is 11.5. The van der Waals surface area contributed by atoms with Gasteiger partial charge in [0, 0.05) is 14.5 Å². The van der Waals surface area contributed by atoms with Gasteiger partial charge in [0.1, 0.15) is 5.60 Å². The molecule has 0 spiro atoms. The Labute approximate surface area is 110 Å². The molecule has 1 saturated heterocycles. The third-order valence-corrected chi connectivity index (χ3v) is 3.10. The Hall–Kier alpha value is -1.26. The fourth-order valence-corrected chi connectivity index (χ4v) is 2.00. The van der Waals surface area contributed by atoms with Crippen molar-refractivity contribution < 1.29 is 20.8 Å². The first-order valence-corrected chi connectivity index (χ1v) is 6.25. The number of aliphatic carboxylic acids is 1. The average Bonchev–Trinajstić information content (AvgIpc) is 2.26. The van der Waals surface area contributed by atoms with Gasteiger partial charge >= 0.3 is 12.1 Å². The topological polar surface area (TPSA) is 66.8 Å². The van der Waals surface area contributed by atoms with Gasteiger partial charge in [-0.3, -0.25) is 4.79 Å². The molecule has 0 aliphatic carbocycles. The SMILES string of the molecule is [2H]C(C)(C(=O)O)C1CCN(C(=O)OC(C)(C)C)CC1. The number of amides is 1. The lowest BCUT2D eigenvalue weighted by Gasteiger charge is -2.34. The zero-order chi connectivity index (χ0) is 14.8. The first-order valence-electron chi connectivity index (χ1n) is 6.75. The molecule has 1 amide bonds. The number of rotatable bonds is 2. The molecule has 5 heteroatoms. The van der Waals surface area contributed by atoms with Gasteiger partial charge in [-0.05, 0) is 39.5 Å². The minimum atomic E-state index is -1.49. The largest absolute Gasteiger partial charge is 0.481 e. The van der Waals surface area contributed by atoms with Crippen molar-refractivity contribution in [2.24, 2.45) is 11.8 Å². The van der Waals surface area contributed by atoms with Gasteiger partial charge in [0.2, 0.25) is 0 Å². The van der Waals surface area contributed by atoms with E-state index in [1.54, 1.807) is 4.90 Å². The van der Waals surface area contributed by atoms with Crippen LogP contribution in [0.25, 0.3) is 0 Å². The second kappa shape index (κ2) is 5.59. The summed E-state index contributed by atoms with van der Waals surface area (Å²) < 4.78 is 13.1. The standard InChI is InChI=1S/C13H23NO4/c1-9(11(15)16)10-5-7-14(8-6-10)12(17)18-13(2,3)4/h9-10H,5-8H2,1-4H3,(H,15,16)/i9D. The molecule has 0 aromatic heterocycles. The van der Waals surface area contributed by atoms with Crippen molar-refractivity contribution >= 4 is 12.1 Å². The Morgan fingerprint density at radius 3 is 2.28 bits per heavy atom. The third kappa shape index (κ3) is 4.20. The Kier molecular flexibility index (Phi) is 4.09. The number of piperidine rings is 1. The summed E-state index contributed by atoms with van der Waals surface area (Å²) in [5.41, 5.74) is -0.529. The number of nitrogens with zero attached hydrogens (tertiary/aromatic N) is 1. The van der Waals surface area contributed by atoms with Crippen LogP contribution >= 0.6 is 0 Å². The summed E-state index contributed by atoms with van der Waals surface area (Å²) in [4.78, 5) is 24.5. The maximum absolute atomic E-state index is 11.8. The van der Waals surface area contributed by atoms with E-state index in [9.17, 15) is 9.59 Å². The lowest BCUT2D eigenvalue weighted by Crippen LogP contribution is -2.43. The summed E-state index contributed by atoms with van der Waals surface area (Å²) in [5, 5.41) is 9.03. The molecule has 1 aliphatic rings.